The van der Waals surface area contributed by atoms with Crippen LogP contribution in [0, 0.1) is 0 Å². The molecular weight excluding hydrogens is 138 g/mol. The highest BCUT2D eigenvalue weighted by Gasteiger charge is 1.93. The van der Waals surface area contributed by atoms with Crippen LogP contribution >= 0.6 is 0 Å². The molecule has 0 saturated carbocycles. The van der Waals surface area contributed by atoms with Crippen molar-refractivity contribution in [2.24, 2.45) is 0 Å². The molecule has 1 aromatic heterocycles. The maximum atomic E-state index is 10.6. The van der Waals surface area contributed by atoms with E-state index in [9.17, 15) is 9.59 Å². The average molecular weight is 143 g/mol. The van der Waals surface area contributed by atoms with Crippen molar-refractivity contribution in [2.45, 2.75) is 0 Å². The fraction of sp³-hybridized carbons (Fsp3) is 0. The van der Waals surface area contributed by atoms with E-state index in [0.29, 0.717) is 4.68 Å². The molecule has 1 rings (SSSR count). The molecule has 0 fully saturated rings. The third kappa shape index (κ3) is 0.914. The first-order valence-electron chi connectivity index (χ1n) is 2.46. The van der Waals surface area contributed by atoms with Gasteiger partial charge < -0.3 is 4.98 Å². The molecule has 0 radical (unpaired) electrons. The van der Waals surface area contributed by atoms with E-state index in [0.717, 1.165) is 6.07 Å². The molecule has 54 valence electrons. The molecule has 0 aliphatic carbocycles. The number of nitrogens with zero attached hydrogens (tertiary/aromatic N) is 1. The van der Waals surface area contributed by atoms with Gasteiger partial charge in [0.15, 0.2) is 0 Å². The normalized spacial score (nSPS) is 9.30. The Morgan fingerprint density at radius 1 is 1.60 bits per heavy atom. The summed E-state index contributed by atoms with van der Waals surface area (Å²) < 4.78 is 0.431. The summed E-state index contributed by atoms with van der Waals surface area (Å²) in [6, 6.07) is 1.10. The number of aromatic amines is 1. The molecule has 0 aliphatic heterocycles. The van der Waals surface area contributed by atoms with Crippen molar-refractivity contribution < 1.29 is 5.21 Å². The van der Waals surface area contributed by atoms with Crippen LogP contribution in [0.2, 0.25) is 0 Å². The summed E-state index contributed by atoms with van der Waals surface area (Å²) in [7, 11) is 0. The molecule has 3 N–H and O–H groups in total. The standard InChI is InChI=1S/C4H5N3O3/c8-3-1-2-5-4(9)7(3)6-10/h1-2,6,10H,(H,5,9). The maximum absolute atomic E-state index is 10.6. The fourth-order valence-electron chi connectivity index (χ4n) is 0.518. The highest BCUT2D eigenvalue weighted by atomic mass is 16.5. The molecule has 1 heterocycles. The molecule has 0 amide bonds. The van der Waals surface area contributed by atoms with E-state index in [-0.39, 0.29) is 0 Å². The van der Waals surface area contributed by atoms with Gasteiger partial charge in [-0.3, -0.25) is 10.0 Å². The van der Waals surface area contributed by atoms with Gasteiger partial charge in [0.2, 0.25) is 0 Å². The van der Waals surface area contributed by atoms with Crippen molar-refractivity contribution in [3.8, 4) is 0 Å². The Morgan fingerprint density at radius 2 is 2.30 bits per heavy atom. The largest absolute Gasteiger partial charge is 0.349 e. The topological polar surface area (TPSA) is 87.1 Å². The van der Waals surface area contributed by atoms with E-state index in [4.69, 9.17) is 5.21 Å². The summed E-state index contributed by atoms with van der Waals surface area (Å²) in [5, 5.41) is 8.19. The van der Waals surface area contributed by atoms with Crippen LogP contribution in [0.15, 0.2) is 21.9 Å². The lowest BCUT2D eigenvalue weighted by molar-refractivity contribution is 0.307. The first-order chi connectivity index (χ1) is 4.75. The second-order valence-electron chi connectivity index (χ2n) is 1.56. The van der Waals surface area contributed by atoms with Gasteiger partial charge in [-0.05, 0) is 0 Å². The minimum atomic E-state index is -0.713. The minimum absolute atomic E-state index is 0.431. The van der Waals surface area contributed by atoms with Gasteiger partial charge in [-0.1, -0.05) is 0 Å². The molecule has 0 saturated heterocycles. The zero-order valence-electron chi connectivity index (χ0n) is 4.87. The number of H-pyrrole nitrogens is 1. The fourth-order valence-corrected chi connectivity index (χ4v) is 0.518. The van der Waals surface area contributed by atoms with E-state index in [1.165, 1.54) is 11.8 Å². The molecule has 0 unspecified atom stereocenters. The van der Waals surface area contributed by atoms with Crippen LogP contribution in [0.5, 0.6) is 0 Å². The van der Waals surface area contributed by atoms with Gasteiger partial charge in [-0.2, -0.15) is 5.59 Å². The highest BCUT2D eigenvalue weighted by Crippen LogP contribution is 1.58. The van der Waals surface area contributed by atoms with Crippen LogP contribution in [0.3, 0.4) is 0 Å². The predicted molar refractivity (Wildman–Crippen MR) is 32.5 cm³/mol. The first kappa shape index (κ1) is 6.56. The lowest BCUT2D eigenvalue weighted by Gasteiger charge is -1.96. The zero-order valence-corrected chi connectivity index (χ0v) is 4.87. The number of rotatable bonds is 1. The van der Waals surface area contributed by atoms with E-state index in [2.05, 4.69) is 4.98 Å². The smallest absolute Gasteiger partial charge is 0.312 e. The van der Waals surface area contributed by atoms with Crippen molar-refractivity contribution in [1.82, 2.24) is 9.66 Å². The zero-order chi connectivity index (χ0) is 7.56. The molecule has 6 heteroatoms. The highest BCUT2D eigenvalue weighted by molar-refractivity contribution is 4.83. The van der Waals surface area contributed by atoms with Gasteiger partial charge in [0.1, 0.15) is 0 Å². The molecule has 0 aliphatic rings. The van der Waals surface area contributed by atoms with Gasteiger partial charge in [-0.15, -0.1) is 4.68 Å². The molecule has 6 nitrogen and oxygen atoms in total. The van der Waals surface area contributed by atoms with Gasteiger partial charge in [-0.25, -0.2) is 4.79 Å². The average Bonchev–Trinajstić information content (AvgIpc) is 1.88. The van der Waals surface area contributed by atoms with Crippen molar-refractivity contribution in [3.05, 3.63) is 33.1 Å². The Kier molecular flexibility index (Phi) is 1.55. The second kappa shape index (κ2) is 2.36. The van der Waals surface area contributed by atoms with Crippen molar-refractivity contribution in [1.29, 1.82) is 0 Å². The quantitative estimate of drug-likeness (QED) is 0.416. The Bertz CT molecular complexity index is 297. The van der Waals surface area contributed by atoms with Crippen LogP contribution in [0.1, 0.15) is 0 Å². The number of hydrogen-bond acceptors (Lipinski definition) is 4. The third-order valence-electron chi connectivity index (χ3n) is 0.956. The second-order valence-corrected chi connectivity index (χ2v) is 1.56. The van der Waals surface area contributed by atoms with Crippen LogP contribution in [0.4, 0.5) is 0 Å². The molecule has 0 bridgehead atoms. The first-order valence-corrected chi connectivity index (χ1v) is 2.46. The summed E-state index contributed by atoms with van der Waals surface area (Å²) in [6.07, 6.45) is 1.19. The maximum Gasteiger partial charge on any atom is 0.349 e. The Morgan fingerprint density at radius 3 is 2.70 bits per heavy atom. The van der Waals surface area contributed by atoms with E-state index < -0.39 is 11.2 Å². The summed E-state index contributed by atoms with van der Waals surface area (Å²) in [5.74, 6) is 0. The van der Waals surface area contributed by atoms with Crippen LogP contribution < -0.4 is 16.8 Å². The van der Waals surface area contributed by atoms with E-state index >= 15 is 0 Å². The summed E-state index contributed by atoms with van der Waals surface area (Å²) >= 11 is 0. The van der Waals surface area contributed by atoms with Crippen molar-refractivity contribution >= 4 is 0 Å². The lowest BCUT2D eigenvalue weighted by atomic mass is 10.7. The molecule has 1 aromatic rings. The SMILES string of the molecule is O=c1cc[nH]c(=O)n1NO. The summed E-state index contributed by atoms with van der Waals surface area (Å²) in [4.78, 5) is 23.3. The number of hydrogen-bond donors (Lipinski definition) is 3. The Labute approximate surface area is 54.7 Å². The van der Waals surface area contributed by atoms with Gasteiger partial charge >= 0.3 is 5.69 Å². The van der Waals surface area contributed by atoms with Crippen molar-refractivity contribution in [2.75, 3.05) is 5.59 Å². The van der Waals surface area contributed by atoms with Gasteiger partial charge in [0.25, 0.3) is 5.56 Å². The Hall–Kier alpha value is -1.56. The van der Waals surface area contributed by atoms with Crippen LogP contribution in [-0.4, -0.2) is 14.9 Å². The van der Waals surface area contributed by atoms with Crippen molar-refractivity contribution in [3.63, 3.8) is 0 Å². The number of nitrogens with one attached hydrogen (secondary N) is 2. The molecule has 10 heavy (non-hydrogen) atoms. The van der Waals surface area contributed by atoms with Crippen LogP contribution in [-0.2, 0) is 0 Å². The summed E-state index contributed by atoms with van der Waals surface area (Å²) in [6.45, 7) is 0. The Balaban J connectivity index is 3.46. The van der Waals surface area contributed by atoms with E-state index in [1.807, 2.05) is 0 Å². The lowest BCUT2D eigenvalue weighted by Crippen LogP contribution is -2.39. The monoisotopic (exact) mass is 143 g/mol. The molecule has 0 aromatic carbocycles. The molecule has 0 atom stereocenters. The predicted octanol–water partition coefficient (Wildman–Crippen LogP) is -1.53. The van der Waals surface area contributed by atoms with E-state index in [1.54, 1.807) is 0 Å². The van der Waals surface area contributed by atoms with Gasteiger partial charge in [0, 0.05) is 12.3 Å². The molecule has 0 spiro atoms. The van der Waals surface area contributed by atoms with Crippen LogP contribution in [0.25, 0.3) is 0 Å². The van der Waals surface area contributed by atoms with Gasteiger partial charge in [0.05, 0.1) is 0 Å². The summed E-state index contributed by atoms with van der Waals surface area (Å²) in [5.41, 5.74) is 0.0918. The number of aromatic nitrogens is 2. The molecular formula is C4H5N3O3. The minimum Gasteiger partial charge on any atom is -0.312 e. The third-order valence-corrected chi connectivity index (χ3v) is 0.956.